The Hall–Kier alpha value is -1.82. The molecule has 1 aromatic rings. The highest BCUT2D eigenvalue weighted by Crippen LogP contribution is 2.32. The normalized spacial score (nSPS) is 19.7. The number of carbonyl (C=O) groups excluding carboxylic acids is 1. The van der Waals surface area contributed by atoms with Crippen LogP contribution >= 0.6 is 0 Å². The first-order valence-corrected chi connectivity index (χ1v) is 5.07. The lowest BCUT2D eigenvalue weighted by molar-refractivity contribution is -0.0794. The summed E-state index contributed by atoms with van der Waals surface area (Å²) in [7, 11) is 0. The molecule has 2 rings (SSSR count). The van der Waals surface area contributed by atoms with Crippen molar-refractivity contribution >= 4 is 11.5 Å². The third-order valence-electron chi connectivity index (χ3n) is 2.59. The van der Waals surface area contributed by atoms with Crippen LogP contribution in [-0.2, 0) is 4.74 Å². The molecule has 3 nitrogen and oxygen atoms in total. The molecule has 0 amide bonds. The summed E-state index contributed by atoms with van der Waals surface area (Å²) in [6.07, 6.45) is -5.65. The molecular weight excluding hydrogens is 249 g/mol. The molecular formula is C12H9F3O3. The van der Waals surface area contributed by atoms with Gasteiger partial charge in [0.1, 0.15) is 0 Å². The van der Waals surface area contributed by atoms with E-state index in [9.17, 15) is 23.1 Å². The monoisotopic (exact) mass is 258 g/mol. The van der Waals surface area contributed by atoms with Gasteiger partial charge < -0.3 is 9.84 Å². The molecule has 1 atom stereocenters. The van der Waals surface area contributed by atoms with E-state index in [0.717, 1.165) is 0 Å². The quantitative estimate of drug-likeness (QED) is 0.788. The first-order chi connectivity index (χ1) is 8.28. The van der Waals surface area contributed by atoms with Crippen LogP contribution in [0.15, 0.2) is 24.3 Å². The predicted octanol–water partition coefficient (Wildman–Crippen LogP) is 2.81. The Morgan fingerprint density at radius 1 is 1.44 bits per heavy atom. The van der Waals surface area contributed by atoms with Gasteiger partial charge in [-0.2, -0.15) is 13.2 Å². The minimum absolute atomic E-state index is 0.00292. The van der Waals surface area contributed by atoms with Gasteiger partial charge in [0.05, 0.1) is 5.56 Å². The fourth-order valence-corrected chi connectivity index (χ4v) is 1.76. The molecule has 0 fully saturated rings. The maximum atomic E-state index is 12.2. The van der Waals surface area contributed by atoms with Crippen LogP contribution in [-0.4, -0.2) is 17.3 Å². The SMILES string of the molecule is C/C(=C\C(F)(F)F)c1ccc2c(c1)C(O)OC2=O. The first-order valence-electron chi connectivity index (χ1n) is 5.07. The maximum Gasteiger partial charge on any atom is 0.410 e. The van der Waals surface area contributed by atoms with Crippen molar-refractivity contribution < 1.29 is 27.8 Å². The summed E-state index contributed by atoms with van der Waals surface area (Å²) in [5, 5.41) is 9.41. The molecule has 96 valence electrons. The van der Waals surface area contributed by atoms with E-state index in [1.54, 1.807) is 0 Å². The summed E-state index contributed by atoms with van der Waals surface area (Å²) in [4.78, 5) is 11.2. The average molecular weight is 258 g/mol. The zero-order chi connectivity index (χ0) is 13.5. The number of rotatable bonds is 1. The largest absolute Gasteiger partial charge is 0.428 e. The number of carbonyl (C=O) groups is 1. The molecule has 0 aromatic heterocycles. The van der Waals surface area contributed by atoms with Gasteiger partial charge in [0.25, 0.3) is 0 Å². The number of aliphatic hydroxyl groups excluding tert-OH is 1. The molecule has 1 aliphatic heterocycles. The topological polar surface area (TPSA) is 46.5 Å². The van der Waals surface area contributed by atoms with Crippen LogP contribution in [0, 0.1) is 0 Å². The molecule has 18 heavy (non-hydrogen) atoms. The van der Waals surface area contributed by atoms with Crippen molar-refractivity contribution in [2.45, 2.75) is 19.4 Å². The smallest absolute Gasteiger partial charge is 0.410 e. The van der Waals surface area contributed by atoms with Crippen molar-refractivity contribution in [3.63, 3.8) is 0 Å². The summed E-state index contributed by atoms with van der Waals surface area (Å²) in [6, 6.07) is 4.05. The summed E-state index contributed by atoms with van der Waals surface area (Å²) in [6.45, 7) is 1.30. The van der Waals surface area contributed by atoms with Gasteiger partial charge >= 0.3 is 12.1 Å². The fourth-order valence-electron chi connectivity index (χ4n) is 1.76. The second-order valence-corrected chi connectivity index (χ2v) is 3.93. The summed E-state index contributed by atoms with van der Waals surface area (Å²) < 4.78 is 41.1. The Labute approximate surface area is 100 Å². The zero-order valence-electron chi connectivity index (χ0n) is 9.28. The number of esters is 1. The van der Waals surface area contributed by atoms with Crippen LogP contribution in [0.5, 0.6) is 0 Å². The number of benzene rings is 1. The van der Waals surface area contributed by atoms with Gasteiger partial charge in [-0.05, 0) is 30.2 Å². The molecule has 1 N–H and O–H groups in total. The highest BCUT2D eigenvalue weighted by Gasteiger charge is 2.30. The number of alkyl halides is 3. The maximum absolute atomic E-state index is 12.2. The van der Waals surface area contributed by atoms with E-state index in [1.165, 1.54) is 25.1 Å². The molecule has 0 aliphatic carbocycles. The van der Waals surface area contributed by atoms with E-state index in [-0.39, 0.29) is 28.3 Å². The van der Waals surface area contributed by atoms with Crippen LogP contribution in [0.2, 0.25) is 0 Å². The lowest BCUT2D eigenvalue weighted by atomic mass is 10.0. The fraction of sp³-hybridized carbons (Fsp3) is 0.250. The first kappa shape index (κ1) is 12.6. The Bertz CT molecular complexity index is 532. The number of cyclic esters (lactones) is 1. The number of halogens is 3. The summed E-state index contributed by atoms with van der Waals surface area (Å²) >= 11 is 0. The number of aliphatic hydroxyl groups is 1. The van der Waals surface area contributed by atoms with Crippen molar-refractivity contribution in [3.05, 3.63) is 41.0 Å². The minimum Gasteiger partial charge on any atom is -0.428 e. The van der Waals surface area contributed by atoms with Crippen molar-refractivity contribution in [2.24, 2.45) is 0 Å². The van der Waals surface area contributed by atoms with Crippen LogP contribution in [0.25, 0.3) is 5.57 Å². The zero-order valence-corrected chi connectivity index (χ0v) is 9.28. The van der Waals surface area contributed by atoms with E-state index in [4.69, 9.17) is 0 Å². The standard InChI is InChI=1S/C12H9F3O3/c1-6(5-12(13,14)15)7-2-3-8-9(4-7)11(17)18-10(8)16/h2-5,11,17H,1H3/b6-5+. The van der Waals surface area contributed by atoms with Gasteiger partial charge in [-0.1, -0.05) is 6.07 Å². The molecule has 0 saturated carbocycles. The van der Waals surface area contributed by atoms with Gasteiger partial charge in [0, 0.05) is 11.6 Å². The molecule has 6 heteroatoms. The van der Waals surface area contributed by atoms with Crippen molar-refractivity contribution in [2.75, 3.05) is 0 Å². The van der Waals surface area contributed by atoms with E-state index in [2.05, 4.69) is 4.74 Å². The second kappa shape index (κ2) is 4.13. The second-order valence-electron chi connectivity index (χ2n) is 3.93. The van der Waals surface area contributed by atoms with Gasteiger partial charge in [0.15, 0.2) is 0 Å². The van der Waals surface area contributed by atoms with Crippen LogP contribution in [0.1, 0.15) is 34.7 Å². The summed E-state index contributed by atoms with van der Waals surface area (Å²) in [5.74, 6) is -0.679. The molecule has 0 saturated heterocycles. The number of allylic oxidation sites excluding steroid dienone is 2. The van der Waals surface area contributed by atoms with Crippen molar-refractivity contribution in [1.29, 1.82) is 0 Å². The Morgan fingerprint density at radius 3 is 2.72 bits per heavy atom. The summed E-state index contributed by atoms with van der Waals surface area (Å²) in [5.41, 5.74) is 0.638. The van der Waals surface area contributed by atoms with E-state index in [1.807, 2.05) is 0 Å². The highest BCUT2D eigenvalue weighted by molar-refractivity contribution is 5.94. The molecule has 1 unspecified atom stereocenters. The number of fused-ring (bicyclic) bond motifs is 1. The lowest BCUT2D eigenvalue weighted by Crippen LogP contribution is -2.02. The molecule has 0 bridgehead atoms. The van der Waals surface area contributed by atoms with E-state index < -0.39 is 18.4 Å². The van der Waals surface area contributed by atoms with E-state index in [0.29, 0.717) is 0 Å². The minimum atomic E-state index is -4.41. The van der Waals surface area contributed by atoms with Crippen LogP contribution in [0.4, 0.5) is 13.2 Å². The van der Waals surface area contributed by atoms with E-state index >= 15 is 0 Å². The lowest BCUT2D eigenvalue weighted by Gasteiger charge is -2.07. The molecule has 0 spiro atoms. The highest BCUT2D eigenvalue weighted by atomic mass is 19.4. The van der Waals surface area contributed by atoms with Crippen LogP contribution in [0.3, 0.4) is 0 Å². The number of hydrogen-bond donors (Lipinski definition) is 1. The van der Waals surface area contributed by atoms with Gasteiger partial charge in [-0.15, -0.1) is 0 Å². The molecule has 1 aliphatic rings. The van der Waals surface area contributed by atoms with Gasteiger partial charge in [-0.25, -0.2) is 4.79 Å². The third-order valence-corrected chi connectivity index (χ3v) is 2.59. The van der Waals surface area contributed by atoms with Crippen LogP contribution < -0.4 is 0 Å². The predicted molar refractivity (Wildman–Crippen MR) is 56.5 cm³/mol. The Morgan fingerprint density at radius 2 is 2.11 bits per heavy atom. The van der Waals surface area contributed by atoms with Gasteiger partial charge in [0.2, 0.25) is 6.29 Å². The Kier molecular flexibility index (Phi) is 2.90. The third kappa shape index (κ3) is 2.38. The molecule has 0 radical (unpaired) electrons. The number of ether oxygens (including phenoxy) is 1. The van der Waals surface area contributed by atoms with Gasteiger partial charge in [-0.3, -0.25) is 0 Å². The molecule has 1 heterocycles. The Balaban J connectivity index is 2.42. The molecule has 1 aromatic carbocycles. The average Bonchev–Trinajstić information content (AvgIpc) is 2.52. The van der Waals surface area contributed by atoms with Crippen molar-refractivity contribution in [3.8, 4) is 0 Å². The number of hydrogen-bond acceptors (Lipinski definition) is 3. The van der Waals surface area contributed by atoms with Crippen molar-refractivity contribution in [1.82, 2.24) is 0 Å².